The highest BCUT2D eigenvalue weighted by Gasteiger charge is 2.44. The summed E-state index contributed by atoms with van der Waals surface area (Å²) in [7, 11) is 0. The monoisotopic (exact) mass is 321 g/mol. The van der Waals surface area contributed by atoms with Crippen LogP contribution in [0, 0.1) is 0 Å². The number of ketones is 2. The third kappa shape index (κ3) is 2.52. The van der Waals surface area contributed by atoms with Gasteiger partial charge in [-0.2, -0.15) is 0 Å². The first-order valence-electron chi connectivity index (χ1n) is 6.73. The predicted octanol–water partition coefficient (Wildman–Crippen LogP) is 2.17. The molecule has 1 aliphatic rings. The summed E-state index contributed by atoms with van der Waals surface area (Å²) < 4.78 is 0. The first-order chi connectivity index (χ1) is 10.2. The highest BCUT2D eigenvalue weighted by atomic mass is 35.5. The lowest BCUT2D eigenvalue weighted by Crippen LogP contribution is -2.42. The second-order valence-electron chi connectivity index (χ2n) is 5.72. The standard InChI is InChI=1S/C16H16ClNO4/c1-8(19)7-18-15(22)11-13(20)9-5-4-6-10(17)12(9)16(2,3)14(11)21/h4-6,20H,7H2,1-3H3,(H,18,22). The number of hydrogen-bond donors (Lipinski definition) is 2. The van der Waals surface area contributed by atoms with Gasteiger partial charge in [-0.25, -0.2) is 0 Å². The molecule has 5 nitrogen and oxygen atoms in total. The molecule has 0 aliphatic heterocycles. The Morgan fingerprint density at radius 2 is 1.95 bits per heavy atom. The lowest BCUT2D eigenvalue weighted by Gasteiger charge is -2.32. The Kier molecular flexibility index (Phi) is 4.11. The summed E-state index contributed by atoms with van der Waals surface area (Å²) in [6, 6.07) is 4.86. The molecule has 0 heterocycles. The van der Waals surface area contributed by atoms with Gasteiger partial charge in [0.05, 0.1) is 12.0 Å². The molecule has 6 heteroatoms. The largest absolute Gasteiger partial charge is 0.506 e. The summed E-state index contributed by atoms with van der Waals surface area (Å²) in [6.07, 6.45) is 0. The van der Waals surface area contributed by atoms with E-state index in [4.69, 9.17) is 11.6 Å². The Labute approximate surface area is 133 Å². The third-order valence-corrected chi connectivity index (χ3v) is 3.97. The average Bonchev–Trinajstić information content (AvgIpc) is 2.43. The maximum atomic E-state index is 12.6. The van der Waals surface area contributed by atoms with E-state index in [0.717, 1.165) is 0 Å². The summed E-state index contributed by atoms with van der Waals surface area (Å²) in [6.45, 7) is 4.40. The van der Waals surface area contributed by atoms with E-state index in [2.05, 4.69) is 5.32 Å². The van der Waals surface area contributed by atoms with Gasteiger partial charge in [0.25, 0.3) is 5.91 Å². The zero-order chi connectivity index (χ0) is 16.7. The van der Waals surface area contributed by atoms with Crippen LogP contribution in [0.3, 0.4) is 0 Å². The zero-order valence-corrected chi connectivity index (χ0v) is 13.2. The smallest absolute Gasteiger partial charge is 0.259 e. The molecule has 1 aliphatic carbocycles. The Morgan fingerprint density at radius 1 is 1.32 bits per heavy atom. The van der Waals surface area contributed by atoms with E-state index < -0.39 is 22.9 Å². The minimum atomic E-state index is -1.05. The number of rotatable bonds is 3. The maximum absolute atomic E-state index is 12.6. The van der Waals surface area contributed by atoms with Crippen molar-refractivity contribution in [1.82, 2.24) is 5.32 Å². The molecule has 0 saturated carbocycles. The second-order valence-corrected chi connectivity index (χ2v) is 6.13. The van der Waals surface area contributed by atoms with Crippen LogP contribution in [0.15, 0.2) is 23.8 Å². The van der Waals surface area contributed by atoms with E-state index in [9.17, 15) is 19.5 Å². The molecule has 22 heavy (non-hydrogen) atoms. The maximum Gasteiger partial charge on any atom is 0.259 e. The van der Waals surface area contributed by atoms with Crippen molar-refractivity contribution in [3.8, 4) is 0 Å². The molecule has 0 saturated heterocycles. The van der Waals surface area contributed by atoms with Crippen molar-refractivity contribution in [1.29, 1.82) is 0 Å². The number of benzene rings is 1. The number of Topliss-reactive ketones (excluding diaryl/α,β-unsaturated/α-hetero) is 2. The quantitative estimate of drug-likeness (QED) is 0.836. The molecule has 0 aromatic heterocycles. The lowest BCUT2D eigenvalue weighted by molar-refractivity contribution is -0.126. The van der Waals surface area contributed by atoms with Gasteiger partial charge in [-0.05, 0) is 32.4 Å². The highest BCUT2D eigenvalue weighted by molar-refractivity contribution is 6.34. The van der Waals surface area contributed by atoms with Gasteiger partial charge >= 0.3 is 0 Å². The molecular formula is C16H16ClNO4. The highest BCUT2D eigenvalue weighted by Crippen LogP contribution is 2.42. The molecule has 0 fully saturated rings. The average molecular weight is 322 g/mol. The Morgan fingerprint density at radius 3 is 2.55 bits per heavy atom. The number of carbonyl (C=O) groups excluding carboxylic acids is 3. The van der Waals surface area contributed by atoms with Gasteiger partial charge in [-0.3, -0.25) is 14.4 Å². The number of aliphatic hydroxyl groups is 1. The van der Waals surface area contributed by atoms with E-state index in [1.54, 1.807) is 32.0 Å². The summed E-state index contributed by atoms with van der Waals surface area (Å²) >= 11 is 6.16. The van der Waals surface area contributed by atoms with Gasteiger partial charge in [0, 0.05) is 10.6 Å². The number of fused-ring (bicyclic) bond motifs is 1. The molecule has 1 aromatic rings. The third-order valence-electron chi connectivity index (χ3n) is 3.65. The number of halogens is 1. The molecule has 0 radical (unpaired) electrons. The number of carbonyl (C=O) groups is 3. The van der Waals surface area contributed by atoms with Crippen molar-refractivity contribution in [3.63, 3.8) is 0 Å². The molecule has 2 rings (SSSR count). The summed E-state index contributed by atoms with van der Waals surface area (Å²) in [5, 5.41) is 13.0. The number of aliphatic hydroxyl groups excluding tert-OH is 1. The topological polar surface area (TPSA) is 83.5 Å². The molecular weight excluding hydrogens is 306 g/mol. The van der Waals surface area contributed by atoms with Crippen LogP contribution >= 0.6 is 11.6 Å². The predicted molar refractivity (Wildman–Crippen MR) is 82.7 cm³/mol. The molecule has 1 aromatic carbocycles. The van der Waals surface area contributed by atoms with Crippen molar-refractivity contribution in [3.05, 3.63) is 39.9 Å². The SMILES string of the molecule is CC(=O)CNC(=O)C1=C(O)c2cccc(Cl)c2C(C)(C)C1=O. The fourth-order valence-electron chi connectivity index (χ4n) is 2.53. The van der Waals surface area contributed by atoms with Crippen molar-refractivity contribution in [2.45, 2.75) is 26.2 Å². The molecule has 0 atom stereocenters. The van der Waals surface area contributed by atoms with E-state index in [0.29, 0.717) is 16.1 Å². The van der Waals surface area contributed by atoms with Crippen molar-refractivity contribution in [2.75, 3.05) is 6.54 Å². The first-order valence-corrected chi connectivity index (χ1v) is 7.10. The molecule has 0 unspecified atom stereocenters. The number of amides is 1. The zero-order valence-electron chi connectivity index (χ0n) is 12.5. The minimum absolute atomic E-state index is 0.203. The van der Waals surface area contributed by atoms with Crippen molar-refractivity contribution in [2.24, 2.45) is 0 Å². The van der Waals surface area contributed by atoms with Gasteiger partial charge < -0.3 is 10.4 Å². The van der Waals surface area contributed by atoms with Gasteiger partial charge in [0.1, 0.15) is 17.1 Å². The number of nitrogens with one attached hydrogen (secondary N) is 1. The normalized spacial score (nSPS) is 16.3. The van der Waals surface area contributed by atoms with E-state index >= 15 is 0 Å². The van der Waals surface area contributed by atoms with Crippen LogP contribution in [0.4, 0.5) is 0 Å². The first kappa shape index (κ1) is 16.2. The van der Waals surface area contributed by atoms with E-state index in [1.165, 1.54) is 6.92 Å². The van der Waals surface area contributed by atoms with Gasteiger partial charge in [-0.15, -0.1) is 0 Å². The van der Waals surface area contributed by atoms with Crippen molar-refractivity contribution >= 4 is 34.8 Å². The van der Waals surface area contributed by atoms with E-state index in [-0.39, 0.29) is 17.9 Å². The summed E-state index contributed by atoms with van der Waals surface area (Å²) in [5.41, 5.74) is -0.559. The fourth-order valence-corrected chi connectivity index (χ4v) is 2.94. The Hall–Kier alpha value is -2.14. The van der Waals surface area contributed by atoms with Crippen LogP contribution in [0.5, 0.6) is 0 Å². The minimum Gasteiger partial charge on any atom is -0.506 e. The second kappa shape index (κ2) is 5.57. The molecule has 2 N–H and O–H groups in total. The molecule has 1 amide bonds. The molecule has 0 bridgehead atoms. The van der Waals surface area contributed by atoms with Crippen molar-refractivity contribution < 1.29 is 19.5 Å². The lowest BCUT2D eigenvalue weighted by atomic mass is 9.71. The Balaban J connectivity index is 2.59. The Bertz CT molecular complexity index is 719. The van der Waals surface area contributed by atoms with Crippen LogP contribution in [0.1, 0.15) is 31.9 Å². The van der Waals surface area contributed by atoms with Gasteiger partial charge in [-0.1, -0.05) is 23.7 Å². The molecule has 116 valence electrons. The van der Waals surface area contributed by atoms with Gasteiger partial charge in [0.2, 0.25) is 0 Å². The number of hydrogen-bond acceptors (Lipinski definition) is 4. The van der Waals surface area contributed by atoms with Crippen LogP contribution < -0.4 is 5.32 Å². The van der Waals surface area contributed by atoms with E-state index in [1.807, 2.05) is 0 Å². The van der Waals surface area contributed by atoms with Crippen LogP contribution in [0.25, 0.3) is 5.76 Å². The molecule has 0 spiro atoms. The van der Waals surface area contributed by atoms with Crippen LogP contribution in [-0.4, -0.2) is 29.1 Å². The summed E-state index contributed by atoms with van der Waals surface area (Å²) in [5.74, 6) is -1.97. The fraction of sp³-hybridized carbons (Fsp3) is 0.312. The van der Waals surface area contributed by atoms with Crippen LogP contribution in [-0.2, 0) is 19.8 Å². The van der Waals surface area contributed by atoms with Crippen LogP contribution in [0.2, 0.25) is 5.02 Å². The summed E-state index contributed by atoms with van der Waals surface area (Å²) in [4.78, 5) is 35.8. The van der Waals surface area contributed by atoms with Gasteiger partial charge in [0.15, 0.2) is 5.78 Å².